The van der Waals surface area contributed by atoms with E-state index < -0.39 is 17.9 Å². The van der Waals surface area contributed by atoms with Crippen LogP contribution in [0.5, 0.6) is 5.75 Å². The highest BCUT2D eigenvalue weighted by molar-refractivity contribution is 6.31. The van der Waals surface area contributed by atoms with Gasteiger partial charge in [0.15, 0.2) is 6.61 Å². The van der Waals surface area contributed by atoms with Gasteiger partial charge in [0, 0.05) is 10.0 Å². The third kappa shape index (κ3) is 5.96. The monoisotopic (exact) mass is 381 g/mol. The number of carbonyl (C=O) groups is 2. The smallest absolute Gasteiger partial charge is 0.305 e. The van der Waals surface area contributed by atoms with Crippen LogP contribution in [0.1, 0.15) is 23.6 Å². The summed E-state index contributed by atoms with van der Waals surface area (Å²) < 4.78 is 5.43. The first-order valence-corrected chi connectivity index (χ1v) is 8.26. The zero-order valence-electron chi connectivity index (χ0n) is 13.5. The molecule has 1 atom stereocenters. The Morgan fingerprint density at radius 3 is 2.44 bits per heavy atom. The molecule has 0 aliphatic rings. The molecule has 2 aromatic rings. The Labute approximate surface area is 155 Å². The molecule has 2 rings (SSSR count). The van der Waals surface area contributed by atoms with E-state index in [1.165, 1.54) is 0 Å². The highest BCUT2D eigenvalue weighted by Crippen LogP contribution is 2.22. The van der Waals surface area contributed by atoms with Gasteiger partial charge in [-0.15, -0.1) is 0 Å². The molecular weight excluding hydrogens is 365 g/mol. The largest absolute Gasteiger partial charge is 0.484 e. The molecule has 0 aromatic heterocycles. The van der Waals surface area contributed by atoms with Crippen LogP contribution in [-0.4, -0.2) is 23.6 Å². The number of rotatable bonds is 7. The second kappa shape index (κ2) is 8.74. The minimum Gasteiger partial charge on any atom is -0.484 e. The van der Waals surface area contributed by atoms with Gasteiger partial charge in [-0.25, -0.2) is 0 Å². The van der Waals surface area contributed by atoms with Crippen LogP contribution in [0.25, 0.3) is 0 Å². The minimum atomic E-state index is -1.02. The number of benzene rings is 2. The maximum absolute atomic E-state index is 12.1. The molecule has 0 aliphatic heterocycles. The van der Waals surface area contributed by atoms with Crippen LogP contribution in [0.3, 0.4) is 0 Å². The average Bonchev–Trinajstić information content (AvgIpc) is 2.55. The van der Waals surface area contributed by atoms with E-state index >= 15 is 0 Å². The van der Waals surface area contributed by atoms with Crippen molar-refractivity contribution in [1.29, 1.82) is 0 Å². The molecule has 0 spiro atoms. The van der Waals surface area contributed by atoms with Gasteiger partial charge in [0.1, 0.15) is 5.75 Å². The maximum Gasteiger partial charge on any atom is 0.305 e. The van der Waals surface area contributed by atoms with E-state index in [1.54, 1.807) is 42.5 Å². The van der Waals surface area contributed by atoms with Gasteiger partial charge in [-0.2, -0.15) is 0 Å². The lowest BCUT2D eigenvalue weighted by Crippen LogP contribution is -2.33. The molecular formula is C18H17Cl2NO4. The molecule has 0 saturated carbocycles. The fourth-order valence-electron chi connectivity index (χ4n) is 2.21. The van der Waals surface area contributed by atoms with Gasteiger partial charge >= 0.3 is 5.97 Å². The summed E-state index contributed by atoms with van der Waals surface area (Å²) in [6.45, 7) is 1.60. The Morgan fingerprint density at radius 1 is 1.16 bits per heavy atom. The summed E-state index contributed by atoms with van der Waals surface area (Å²) in [6, 6.07) is 11.1. The van der Waals surface area contributed by atoms with Gasteiger partial charge < -0.3 is 15.2 Å². The summed E-state index contributed by atoms with van der Waals surface area (Å²) in [5.74, 6) is -0.929. The van der Waals surface area contributed by atoms with Crippen LogP contribution < -0.4 is 10.1 Å². The van der Waals surface area contributed by atoms with Gasteiger partial charge in [0.05, 0.1) is 12.5 Å². The van der Waals surface area contributed by atoms with Gasteiger partial charge in [-0.1, -0.05) is 35.3 Å². The zero-order chi connectivity index (χ0) is 18.4. The lowest BCUT2D eigenvalue weighted by atomic mass is 10.0. The standard InChI is InChI=1S/C18H17Cl2NO4/c1-11-8-14(6-7-15(11)20)25-10-17(22)21-16(9-18(23)24)12-2-4-13(19)5-3-12/h2-8,16H,9-10H2,1H3,(H,21,22)(H,23,24). The zero-order valence-corrected chi connectivity index (χ0v) is 15.0. The number of halogens is 2. The normalized spacial score (nSPS) is 11.6. The number of ether oxygens (including phenoxy) is 1. The van der Waals surface area contributed by atoms with Crippen molar-refractivity contribution in [2.45, 2.75) is 19.4 Å². The predicted molar refractivity (Wildman–Crippen MR) is 96.3 cm³/mol. The van der Waals surface area contributed by atoms with Gasteiger partial charge in [-0.3, -0.25) is 9.59 Å². The van der Waals surface area contributed by atoms with E-state index in [1.807, 2.05) is 6.92 Å². The van der Waals surface area contributed by atoms with Crippen LogP contribution in [0.2, 0.25) is 10.0 Å². The molecule has 0 radical (unpaired) electrons. The highest BCUT2D eigenvalue weighted by atomic mass is 35.5. The number of carboxylic acids is 1. The first kappa shape index (κ1) is 19.1. The molecule has 25 heavy (non-hydrogen) atoms. The summed E-state index contributed by atoms with van der Waals surface area (Å²) in [6.07, 6.45) is -0.243. The lowest BCUT2D eigenvalue weighted by molar-refractivity contribution is -0.137. The summed E-state index contributed by atoms with van der Waals surface area (Å²) in [7, 11) is 0. The Kier molecular flexibility index (Phi) is 6.67. The van der Waals surface area contributed by atoms with Gasteiger partial charge in [-0.05, 0) is 48.4 Å². The molecule has 0 heterocycles. The molecule has 0 saturated heterocycles. The van der Waals surface area contributed by atoms with Crippen molar-refractivity contribution in [1.82, 2.24) is 5.32 Å². The number of aryl methyl sites for hydroxylation is 1. The molecule has 1 amide bonds. The number of aliphatic carboxylic acids is 1. The van der Waals surface area contributed by atoms with Crippen LogP contribution in [0, 0.1) is 6.92 Å². The quantitative estimate of drug-likeness (QED) is 0.759. The minimum absolute atomic E-state index is 0.231. The van der Waals surface area contributed by atoms with Crippen molar-refractivity contribution in [3.8, 4) is 5.75 Å². The van der Waals surface area contributed by atoms with Crippen molar-refractivity contribution in [2.75, 3.05) is 6.61 Å². The number of amides is 1. The van der Waals surface area contributed by atoms with Crippen molar-refractivity contribution in [3.63, 3.8) is 0 Å². The lowest BCUT2D eigenvalue weighted by Gasteiger charge is -2.18. The molecule has 0 fully saturated rings. The topological polar surface area (TPSA) is 75.6 Å². The average molecular weight is 382 g/mol. The van der Waals surface area contributed by atoms with E-state index in [2.05, 4.69) is 5.32 Å². The first-order chi connectivity index (χ1) is 11.8. The Balaban J connectivity index is 1.99. The number of hydrogen-bond donors (Lipinski definition) is 2. The Hall–Kier alpha value is -2.24. The van der Waals surface area contributed by atoms with E-state index in [0.29, 0.717) is 21.4 Å². The van der Waals surface area contributed by atoms with E-state index in [4.69, 9.17) is 33.0 Å². The number of hydrogen-bond acceptors (Lipinski definition) is 3. The highest BCUT2D eigenvalue weighted by Gasteiger charge is 2.18. The second-order valence-corrected chi connectivity index (χ2v) is 6.31. The van der Waals surface area contributed by atoms with Crippen molar-refractivity contribution >= 4 is 35.1 Å². The van der Waals surface area contributed by atoms with E-state index in [-0.39, 0.29) is 13.0 Å². The van der Waals surface area contributed by atoms with Crippen LogP contribution in [-0.2, 0) is 9.59 Å². The molecule has 2 N–H and O–H groups in total. The SMILES string of the molecule is Cc1cc(OCC(=O)NC(CC(=O)O)c2ccc(Cl)cc2)ccc1Cl. The first-order valence-electron chi connectivity index (χ1n) is 7.50. The summed E-state index contributed by atoms with van der Waals surface area (Å²) in [5, 5.41) is 12.9. The van der Waals surface area contributed by atoms with Crippen molar-refractivity contribution < 1.29 is 19.4 Å². The fraction of sp³-hybridized carbons (Fsp3) is 0.222. The molecule has 5 nitrogen and oxygen atoms in total. The summed E-state index contributed by atoms with van der Waals surface area (Å²) >= 11 is 11.8. The van der Waals surface area contributed by atoms with Crippen LogP contribution >= 0.6 is 23.2 Å². The molecule has 0 aliphatic carbocycles. The van der Waals surface area contributed by atoms with E-state index in [9.17, 15) is 9.59 Å². The van der Waals surface area contributed by atoms with Crippen LogP contribution in [0.15, 0.2) is 42.5 Å². The molecule has 1 unspecified atom stereocenters. The van der Waals surface area contributed by atoms with E-state index in [0.717, 1.165) is 5.56 Å². The summed E-state index contributed by atoms with van der Waals surface area (Å²) in [4.78, 5) is 23.2. The Morgan fingerprint density at radius 2 is 1.84 bits per heavy atom. The third-order valence-electron chi connectivity index (χ3n) is 3.49. The molecule has 2 aromatic carbocycles. The van der Waals surface area contributed by atoms with Crippen molar-refractivity contribution in [3.05, 3.63) is 63.6 Å². The second-order valence-electron chi connectivity index (χ2n) is 5.47. The molecule has 132 valence electrons. The Bertz CT molecular complexity index is 762. The maximum atomic E-state index is 12.1. The van der Waals surface area contributed by atoms with Gasteiger partial charge in [0.25, 0.3) is 5.91 Å². The molecule has 0 bridgehead atoms. The number of carboxylic acid groups (broad SMARTS) is 1. The van der Waals surface area contributed by atoms with Gasteiger partial charge in [0.2, 0.25) is 0 Å². The predicted octanol–water partition coefficient (Wildman–Crippen LogP) is 4.01. The van der Waals surface area contributed by atoms with Crippen molar-refractivity contribution in [2.24, 2.45) is 0 Å². The molecule has 7 heteroatoms. The number of carbonyl (C=O) groups excluding carboxylic acids is 1. The summed E-state index contributed by atoms with van der Waals surface area (Å²) in [5.41, 5.74) is 1.49. The third-order valence-corrected chi connectivity index (χ3v) is 4.16. The van der Waals surface area contributed by atoms with Crippen LogP contribution in [0.4, 0.5) is 0 Å². The number of nitrogens with one attached hydrogen (secondary N) is 1. The fourth-order valence-corrected chi connectivity index (χ4v) is 2.46.